The monoisotopic (exact) mass is 323 g/mol. The van der Waals surface area contributed by atoms with Crippen LogP contribution in [0.5, 0.6) is 0 Å². The number of thiazole rings is 1. The van der Waals surface area contributed by atoms with Gasteiger partial charge in [-0.1, -0.05) is 12.1 Å². The lowest BCUT2D eigenvalue weighted by molar-refractivity contribution is 0.256. The second kappa shape index (κ2) is 5.14. The third kappa shape index (κ3) is 2.71. The molecule has 10 heteroatoms. The molecule has 2 N–H and O–H groups in total. The van der Waals surface area contributed by atoms with Crippen LogP contribution in [-0.4, -0.2) is 28.4 Å². The molecule has 21 heavy (non-hydrogen) atoms. The quantitative estimate of drug-likeness (QED) is 0.758. The lowest BCUT2D eigenvalue weighted by Crippen LogP contribution is -2.37. The summed E-state index contributed by atoms with van der Waals surface area (Å²) in [4.78, 5) is 19.5. The Hall–Kier alpha value is -2.46. The Labute approximate surface area is 123 Å². The van der Waals surface area contributed by atoms with Crippen molar-refractivity contribution < 1.29 is 13.2 Å². The molecule has 0 saturated carbocycles. The molecule has 0 radical (unpaired) electrons. The number of anilines is 1. The number of hydrogen-bond acceptors (Lipinski definition) is 6. The number of para-hydroxylation sites is 2. The van der Waals surface area contributed by atoms with Crippen LogP contribution < -0.4 is 10.0 Å². The maximum atomic E-state index is 12.2. The number of urea groups is 1. The highest BCUT2D eigenvalue weighted by molar-refractivity contribution is 7.88. The number of aromatic nitrogens is 3. The van der Waals surface area contributed by atoms with Gasteiger partial charge in [-0.2, -0.15) is 8.42 Å². The molecule has 0 bridgehead atoms. The van der Waals surface area contributed by atoms with E-state index in [2.05, 4.69) is 15.3 Å². The number of nitrogens with zero attached hydrogens (tertiary/aromatic N) is 3. The summed E-state index contributed by atoms with van der Waals surface area (Å²) in [6, 6.07) is 5.82. The first-order valence-electron chi connectivity index (χ1n) is 5.72. The van der Waals surface area contributed by atoms with E-state index in [-0.39, 0.29) is 0 Å². The Kier molecular flexibility index (Phi) is 3.31. The smallest absolute Gasteiger partial charge is 0.283 e. The highest BCUT2D eigenvalue weighted by Crippen LogP contribution is 2.14. The summed E-state index contributed by atoms with van der Waals surface area (Å²) in [5.41, 5.74) is 0.898. The van der Waals surface area contributed by atoms with E-state index in [1.807, 2.05) is 4.72 Å². The average molecular weight is 323 g/mol. The Morgan fingerprint density at radius 1 is 1.24 bits per heavy atom. The van der Waals surface area contributed by atoms with E-state index in [1.165, 1.54) is 17.5 Å². The van der Waals surface area contributed by atoms with Gasteiger partial charge in [0.15, 0.2) is 5.13 Å². The SMILES string of the molecule is O=C(Nc1nccs1)NS(=O)(=O)n1cnc2ccccc21. The first-order chi connectivity index (χ1) is 10.1. The van der Waals surface area contributed by atoms with Gasteiger partial charge in [-0.15, -0.1) is 11.3 Å². The first-order valence-corrected chi connectivity index (χ1v) is 8.04. The molecule has 8 nitrogen and oxygen atoms in total. The molecule has 0 spiro atoms. The fourth-order valence-electron chi connectivity index (χ4n) is 1.70. The van der Waals surface area contributed by atoms with Gasteiger partial charge in [-0.3, -0.25) is 5.32 Å². The van der Waals surface area contributed by atoms with Crippen LogP contribution in [0.2, 0.25) is 0 Å². The van der Waals surface area contributed by atoms with Crippen molar-refractivity contribution in [1.82, 2.24) is 18.7 Å². The van der Waals surface area contributed by atoms with E-state index in [0.29, 0.717) is 16.2 Å². The van der Waals surface area contributed by atoms with Crippen molar-refractivity contribution >= 4 is 43.7 Å². The zero-order chi connectivity index (χ0) is 14.9. The van der Waals surface area contributed by atoms with Crippen molar-refractivity contribution in [1.29, 1.82) is 0 Å². The fraction of sp³-hybridized carbons (Fsp3) is 0. The molecule has 0 unspecified atom stereocenters. The maximum Gasteiger partial charge on any atom is 0.336 e. The van der Waals surface area contributed by atoms with Gasteiger partial charge in [0.1, 0.15) is 6.33 Å². The van der Waals surface area contributed by atoms with E-state index in [9.17, 15) is 13.2 Å². The second-order valence-corrected chi connectivity index (χ2v) is 6.37. The van der Waals surface area contributed by atoms with Gasteiger partial charge in [0.2, 0.25) is 0 Å². The molecular formula is C11H9N5O3S2. The third-order valence-electron chi connectivity index (χ3n) is 2.55. The van der Waals surface area contributed by atoms with Gasteiger partial charge in [0.25, 0.3) is 0 Å². The molecule has 3 rings (SSSR count). The van der Waals surface area contributed by atoms with Crippen molar-refractivity contribution in [3.63, 3.8) is 0 Å². The summed E-state index contributed by atoms with van der Waals surface area (Å²) in [5, 5.41) is 4.30. The zero-order valence-electron chi connectivity index (χ0n) is 10.4. The lowest BCUT2D eigenvalue weighted by Gasteiger charge is -2.08. The summed E-state index contributed by atoms with van der Waals surface area (Å²) in [7, 11) is -4.08. The van der Waals surface area contributed by atoms with Crippen LogP contribution >= 0.6 is 11.3 Å². The molecule has 0 fully saturated rings. The van der Waals surface area contributed by atoms with Gasteiger partial charge in [-0.05, 0) is 12.1 Å². The zero-order valence-corrected chi connectivity index (χ0v) is 12.1. The minimum atomic E-state index is -4.08. The molecule has 0 aliphatic heterocycles. The number of imidazole rings is 1. The number of rotatable bonds is 3. The normalized spacial score (nSPS) is 11.4. The summed E-state index contributed by atoms with van der Waals surface area (Å²) in [6.07, 6.45) is 2.64. The van der Waals surface area contributed by atoms with Crippen LogP contribution in [0.3, 0.4) is 0 Å². The van der Waals surface area contributed by atoms with E-state index in [1.54, 1.807) is 29.6 Å². The van der Waals surface area contributed by atoms with Crippen molar-refractivity contribution in [2.45, 2.75) is 0 Å². The molecule has 0 aliphatic carbocycles. The highest BCUT2D eigenvalue weighted by Gasteiger charge is 2.19. The topological polar surface area (TPSA) is 106 Å². The van der Waals surface area contributed by atoms with Crippen molar-refractivity contribution in [3.8, 4) is 0 Å². The van der Waals surface area contributed by atoms with E-state index in [0.717, 1.165) is 10.3 Å². The molecule has 1 aromatic carbocycles. The number of carbonyl (C=O) groups excluding carboxylic acids is 1. The largest absolute Gasteiger partial charge is 0.336 e. The van der Waals surface area contributed by atoms with Crippen LogP contribution in [0.1, 0.15) is 0 Å². The number of benzene rings is 1. The van der Waals surface area contributed by atoms with Gasteiger partial charge in [0.05, 0.1) is 11.0 Å². The molecule has 2 aromatic heterocycles. The predicted molar refractivity (Wildman–Crippen MR) is 78.3 cm³/mol. The number of nitrogens with one attached hydrogen (secondary N) is 2. The highest BCUT2D eigenvalue weighted by atomic mass is 32.2. The first kappa shape index (κ1) is 13.5. The summed E-state index contributed by atoms with van der Waals surface area (Å²) in [5.74, 6) is 0. The molecule has 2 amide bonds. The van der Waals surface area contributed by atoms with Gasteiger partial charge in [-0.25, -0.2) is 23.5 Å². The van der Waals surface area contributed by atoms with Crippen molar-refractivity contribution in [2.24, 2.45) is 0 Å². The molecule has 0 aliphatic rings. The summed E-state index contributed by atoms with van der Waals surface area (Å²) < 4.78 is 27.2. The maximum absolute atomic E-state index is 12.2. The molecule has 3 aromatic rings. The summed E-state index contributed by atoms with van der Waals surface area (Å²) in [6.45, 7) is 0. The van der Waals surface area contributed by atoms with Gasteiger partial charge in [0, 0.05) is 11.6 Å². The Balaban J connectivity index is 1.85. The van der Waals surface area contributed by atoms with E-state index >= 15 is 0 Å². The van der Waals surface area contributed by atoms with Crippen LogP contribution in [0.4, 0.5) is 9.93 Å². The third-order valence-corrected chi connectivity index (χ3v) is 4.50. The van der Waals surface area contributed by atoms with Crippen LogP contribution in [0.15, 0.2) is 42.2 Å². The van der Waals surface area contributed by atoms with Gasteiger partial charge >= 0.3 is 16.2 Å². The fourth-order valence-corrected chi connectivity index (χ4v) is 3.19. The molecule has 0 saturated heterocycles. The predicted octanol–water partition coefficient (Wildman–Crippen LogP) is 1.41. The Morgan fingerprint density at radius 2 is 2.05 bits per heavy atom. The van der Waals surface area contributed by atoms with Crippen molar-refractivity contribution in [2.75, 3.05) is 5.32 Å². The van der Waals surface area contributed by atoms with Crippen LogP contribution in [0.25, 0.3) is 11.0 Å². The number of amides is 2. The minimum Gasteiger partial charge on any atom is -0.283 e. The van der Waals surface area contributed by atoms with Gasteiger partial charge < -0.3 is 0 Å². The van der Waals surface area contributed by atoms with Crippen molar-refractivity contribution in [3.05, 3.63) is 42.2 Å². The standard InChI is InChI=1S/C11H9N5O3S2/c17-10(14-11-12-5-6-20-11)15-21(18,19)16-7-13-8-3-1-2-4-9(8)16/h1-7H,(H2,12,14,15,17). The number of fused-ring (bicyclic) bond motifs is 1. The summed E-state index contributed by atoms with van der Waals surface area (Å²) >= 11 is 1.18. The number of hydrogen-bond donors (Lipinski definition) is 2. The molecule has 108 valence electrons. The lowest BCUT2D eigenvalue weighted by atomic mass is 10.3. The molecule has 0 atom stereocenters. The Bertz CT molecular complexity index is 886. The molecular weight excluding hydrogens is 314 g/mol. The average Bonchev–Trinajstić information content (AvgIpc) is 3.06. The van der Waals surface area contributed by atoms with E-state index in [4.69, 9.17) is 0 Å². The molecule has 2 heterocycles. The van der Waals surface area contributed by atoms with Crippen LogP contribution in [0, 0.1) is 0 Å². The Morgan fingerprint density at radius 3 is 2.81 bits per heavy atom. The second-order valence-electron chi connectivity index (χ2n) is 3.93. The number of carbonyl (C=O) groups is 1. The minimum absolute atomic E-state index is 0.304. The van der Waals surface area contributed by atoms with E-state index < -0.39 is 16.2 Å². The van der Waals surface area contributed by atoms with Crippen LogP contribution in [-0.2, 0) is 10.2 Å².